The molecule has 1 saturated heterocycles. The molecule has 0 bridgehead atoms. The van der Waals surface area contributed by atoms with E-state index in [0.717, 1.165) is 34.3 Å². The number of fused-ring (bicyclic) bond motifs is 1. The number of carbonyl (C=O) groups is 1. The summed E-state index contributed by atoms with van der Waals surface area (Å²) in [4.78, 5) is 21.8. The van der Waals surface area contributed by atoms with Gasteiger partial charge in [-0.25, -0.2) is 13.5 Å². The Bertz CT molecular complexity index is 1440. The zero-order chi connectivity index (χ0) is 23.8. The number of likely N-dealkylation sites (N-methyl/N-ethyl adjacent to an activating group) is 1. The van der Waals surface area contributed by atoms with Crippen LogP contribution in [0.4, 0.5) is 11.4 Å². The second-order valence-corrected chi connectivity index (χ2v) is 10.0. The zero-order valence-corrected chi connectivity index (χ0v) is 20.2. The van der Waals surface area contributed by atoms with Gasteiger partial charge in [-0.1, -0.05) is 11.6 Å². The van der Waals surface area contributed by atoms with E-state index in [1.54, 1.807) is 34.9 Å². The number of aryl methyl sites for hydroxylation is 1. The summed E-state index contributed by atoms with van der Waals surface area (Å²) in [7, 11) is 1.83. The normalized spacial score (nSPS) is 16.2. The Kier molecular flexibility index (Phi) is 6.03. The molecule has 0 spiro atoms. The summed E-state index contributed by atoms with van der Waals surface area (Å²) < 4.78 is 16.0. The van der Waals surface area contributed by atoms with Crippen LogP contribution in [0, 0.1) is 6.92 Å². The predicted octanol–water partition coefficient (Wildman–Crippen LogP) is 4.84. The number of anilines is 2. The largest absolute Gasteiger partial charge is 0.322 e. The fourth-order valence-electron chi connectivity index (χ4n) is 3.95. The van der Waals surface area contributed by atoms with Gasteiger partial charge in [-0.05, 0) is 67.1 Å². The molecular weight excluding hydrogens is 470 g/mol. The highest BCUT2D eigenvalue weighted by molar-refractivity contribution is 7.84. The Morgan fingerprint density at radius 2 is 1.94 bits per heavy atom. The van der Waals surface area contributed by atoms with Crippen molar-refractivity contribution in [3.8, 4) is 11.3 Å². The highest BCUT2D eigenvalue weighted by Crippen LogP contribution is 2.31. The molecular formula is C25H22ClN5O2S. The second-order valence-electron chi connectivity index (χ2n) is 8.10. The van der Waals surface area contributed by atoms with E-state index in [-0.39, 0.29) is 5.91 Å². The van der Waals surface area contributed by atoms with Gasteiger partial charge in [0.2, 0.25) is 0 Å². The Labute approximate surface area is 205 Å². The average molecular weight is 492 g/mol. The van der Waals surface area contributed by atoms with Crippen molar-refractivity contribution in [3.05, 3.63) is 83.1 Å². The van der Waals surface area contributed by atoms with Gasteiger partial charge in [-0.2, -0.15) is 0 Å². The van der Waals surface area contributed by atoms with Crippen LogP contribution in [0.25, 0.3) is 22.2 Å². The van der Waals surface area contributed by atoms with Crippen LogP contribution in [-0.2, 0) is 11.2 Å². The SMILES string of the molecule is Cc1cc(N2CCN(C)S2=O)ccc1C(=O)Nc1ccc(Cl)c(-c2ccc3cnccc3n2)c1. The summed E-state index contributed by atoms with van der Waals surface area (Å²) >= 11 is 5.26. The lowest BCUT2D eigenvalue weighted by Gasteiger charge is -2.18. The third-order valence-corrected chi connectivity index (χ3v) is 7.62. The minimum absolute atomic E-state index is 0.227. The lowest BCUT2D eigenvalue weighted by atomic mass is 10.1. The van der Waals surface area contributed by atoms with E-state index in [1.165, 1.54) is 0 Å². The Morgan fingerprint density at radius 1 is 1.09 bits per heavy atom. The molecule has 1 atom stereocenters. The molecule has 0 aliphatic carbocycles. The van der Waals surface area contributed by atoms with Gasteiger partial charge in [0.1, 0.15) is 0 Å². The Morgan fingerprint density at radius 3 is 2.71 bits per heavy atom. The number of amides is 1. The van der Waals surface area contributed by atoms with Gasteiger partial charge in [0.05, 0.1) is 21.9 Å². The van der Waals surface area contributed by atoms with Crippen molar-refractivity contribution in [3.63, 3.8) is 0 Å². The fourth-order valence-corrected chi connectivity index (χ4v) is 5.27. The molecule has 1 fully saturated rings. The summed E-state index contributed by atoms with van der Waals surface area (Å²) in [5.74, 6) is -0.227. The van der Waals surface area contributed by atoms with E-state index in [1.807, 2.05) is 54.7 Å². The van der Waals surface area contributed by atoms with Crippen molar-refractivity contribution in [2.45, 2.75) is 6.92 Å². The minimum atomic E-state index is -1.20. The first-order valence-corrected chi connectivity index (χ1v) is 12.2. The predicted molar refractivity (Wildman–Crippen MR) is 137 cm³/mol. The summed E-state index contributed by atoms with van der Waals surface area (Å²) in [6, 6.07) is 16.5. The van der Waals surface area contributed by atoms with Gasteiger partial charge in [0.15, 0.2) is 11.2 Å². The molecule has 1 aliphatic rings. The molecule has 1 N–H and O–H groups in total. The van der Waals surface area contributed by atoms with Gasteiger partial charge in [0, 0.05) is 54.7 Å². The number of aromatic nitrogens is 2. The number of nitrogens with one attached hydrogen (secondary N) is 1. The van der Waals surface area contributed by atoms with Crippen molar-refractivity contribution >= 4 is 51.0 Å². The Hall–Kier alpha value is -3.33. The Balaban J connectivity index is 1.39. The van der Waals surface area contributed by atoms with Gasteiger partial charge in [0.25, 0.3) is 5.91 Å². The molecule has 7 nitrogen and oxygen atoms in total. The maximum absolute atomic E-state index is 13.0. The molecule has 5 rings (SSSR count). The minimum Gasteiger partial charge on any atom is -0.322 e. The maximum Gasteiger partial charge on any atom is 0.255 e. The van der Waals surface area contributed by atoms with Gasteiger partial charge in [-0.15, -0.1) is 0 Å². The first-order chi connectivity index (χ1) is 16.4. The molecule has 34 heavy (non-hydrogen) atoms. The number of hydrogen-bond acceptors (Lipinski definition) is 4. The molecule has 0 saturated carbocycles. The summed E-state index contributed by atoms with van der Waals surface area (Å²) in [5.41, 5.74) is 5.07. The zero-order valence-electron chi connectivity index (χ0n) is 18.7. The molecule has 1 amide bonds. The average Bonchev–Trinajstić information content (AvgIpc) is 3.18. The van der Waals surface area contributed by atoms with E-state index in [4.69, 9.17) is 11.6 Å². The first kappa shape index (κ1) is 22.5. The molecule has 2 aromatic carbocycles. The van der Waals surface area contributed by atoms with Crippen molar-refractivity contribution in [2.24, 2.45) is 0 Å². The number of benzene rings is 2. The first-order valence-electron chi connectivity index (χ1n) is 10.7. The van der Waals surface area contributed by atoms with E-state index < -0.39 is 11.2 Å². The van der Waals surface area contributed by atoms with Crippen LogP contribution in [0.15, 0.2) is 67.0 Å². The number of rotatable bonds is 4. The molecule has 4 aromatic rings. The highest BCUT2D eigenvalue weighted by Gasteiger charge is 2.26. The van der Waals surface area contributed by atoms with Crippen LogP contribution in [0.1, 0.15) is 15.9 Å². The number of nitrogens with zero attached hydrogens (tertiary/aromatic N) is 4. The third-order valence-electron chi connectivity index (χ3n) is 5.81. The van der Waals surface area contributed by atoms with Crippen LogP contribution in [-0.4, -0.2) is 44.5 Å². The lowest BCUT2D eigenvalue weighted by molar-refractivity contribution is 0.102. The fraction of sp³-hybridized carbons (Fsp3) is 0.160. The van der Waals surface area contributed by atoms with Gasteiger partial charge >= 0.3 is 0 Å². The third kappa shape index (κ3) is 4.27. The van der Waals surface area contributed by atoms with E-state index in [2.05, 4.69) is 15.3 Å². The van der Waals surface area contributed by atoms with Crippen molar-refractivity contribution in [2.75, 3.05) is 29.8 Å². The topological polar surface area (TPSA) is 78.4 Å². The quantitative estimate of drug-likeness (QED) is 0.443. The van der Waals surface area contributed by atoms with Crippen LogP contribution in [0.3, 0.4) is 0 Å². The standard InChI is InChI=1S/C25H22ClN5O2S/c1-16-13-19(31-12-11-30(2)34(31)33)5-6-20(16)25(32)28-18-4-7-22(26)21(14-18)24-8-3-17-15-27-10-9-23(17)29-24/h3-10,13-15H,11-12H2,1-2H3,(H,28,32). The van der Waals surface area contributed by atoms with Crippen molar-refractivity contribution in [1.29, 1.82) is 0 Å². The van der Waals surface area contributed by atoms with E-state index in [9.17, 15) is 9.00 Å². The molecule has 0 radical (unpaired) electrons. The van der Waals surface area contributed by atoms with E-state index in [0.29, 0.717) is 28.5 Å². The molecule has 1 aliphatic heterocycles. The maximum atomic E-state index is 13.0. The van der Waals surface area contributed by atoms with Crippen molar-refractivity contribution < 1.29 is 9.00 Å². The summed E-state index contributed by atoms with van der Waals surface area (Å²) in [6.07, 6.45) is 3.46. The van der Waals surface area contributed by atoms with Crippen LogP contribution in [0.5, 0.6) is 0 Å². The summed E-state index contributed by atoms with van der Waals surface area (Å²) in [6.45, 7) is 3.29. The highest BCUT2D eigenvalue weighted by atomic mass is 35.5. The number of pyridine rings is 2. The van der Waals surface area contributed by atoms with Gasteiger partial charge in [-0.3, -0.25) is 14.1 Å². The smallest absolute Gasteiger partial charge is 0.255 e. The van der Waals surface area contributed by atoms with Crippen molar-refractivity contribution in [1.82, 2.24) is 14.3 Å². The molecule has 9 heteroatoms. The van der Waals surface area contributed by atoms with Crippen LogP contribution in [0.2, 0.25) is 5.02 Å². The van der Waals surface area contributed by atoms with Crippen LogP contribution >= 0.6 is 11.6 Å². The number of halogens is 1. The van der Waals surface area contributed by atoms with Crippen LogP contribution < -0.4 is 9.62 Å². The number of hydrogen-bond donors (Lipinski definition) is 1. The molecule has 172 valence electrons. The monoisotopic (exact) mass is 491 g/mol. The molecule has 1 unspecified atom stereocenters. The summed E-state index contributed by atoms with van der Waals surface area (Å²) in [5, 5.41) is 4.45. The number of carbonyl (C=O) groups excluding carboxylic acids is 1. The molecule has 3 heterocycles. The lowest BCUT2D eigenvalue weighted by Crippen LogP contribution is -2.24. The molecule has 2 aromatic heterocycles. The second kappa shape index (κ2) is 9.13. The van der Waals surface area contributed by atoms with E-state index >= 15 is 0 Å². The van der Waals surface area contributed by atoms with Gasteiger partial charge < -0.3 is 5.32 Å².